The predicted octanol–water partition coefficient (Wildman–Crippen LogP) is 1.00. The molecule has 3 aromatic rings. The van der Waals surface area contributed by atoms with Crippen molar-refractivity contribution in [3.05, 3.63) is 51.4 Å². The summed E-state index contributed by atoms with van der Waals surface area (Å²) in [4.78, 5) is 35.6. The second-order valence-electron chi connectivity index (χ2n) is 8.79. The molecule has 0 aliphatic carbocycles. The molecular weight excluding hydrogens is 408 g/mol. The normalized spacial score (nSPS) is 19.8. The molecule has 3 aromatic heterocycles. The Morgan fingerprint density at radius 2 is 2.03 bits per heavy atom. The van der Waals surface area contributed by atoms with E-state index in [1.807, 2.05) is 26.1 Å². The Labute approximate surface area is 185 Å². The summed E-state index contributed by atoms with van der Waals surface area (Å²) in [5.41, 5.74) is 1.96. The fraction of sp³-hybridized carbons (Fsp3) is 0.478. The summed E-state index contributed by atoms with van der Waals surface area (Å²) in [7, 11) is 2.03. The van der Waals surface area contributed by atoms with Crippen LogP contribution in [0.25, 0.3) is 16.7 Å². The Bertz CT molecular complexity index is 1310. The molecule has 2 fully saturated rings. The maximum Gasteiger partial charge on any atom is 0.267 e. The van der Waals surface area contributed by atoms with E-state index >= 15 is 0 Å². The highest BCUT2D eigenvalue weighted by Crippen LogP contribution is 2.18. The average Bonchev–Trinajstić information content (AvgIpc) is 3.30. The quantitative estimate of drug-likeness (QED) is 0.618. The van der Waals surface area contributed by atoms with Crippen molar-refractivity contribution in [2.45, 2.75) is 32.4 Å². The Hall–Kier alpha value is -3.04. The van der Waals surface area contributed by atoms with Crippen molar-refractivity contribution in [1.29, 1.82) is 5.41 Å². The van der Waals surface area contributed by atoms with Crippen molar-refractivity contribution in [2.75, 3.05) is 39.8 Å². The van der Waals surface area contributed by atoms with Gasteiger partial charge < -0.3 is 19.1 Å². The van der Waals surface area contributed by atoms with Gasteiger partial charge in [0.05, 0.1) is 23.6 Å². The Kier molecular flexibility index (Phi) is 5.30. The summed E-state index contributed by atoms with van der Waals surface area (Å²) in [6.45, 7) is 5.78. The molecule has 9 heteroatoms. The summed E-state index contributed by atoms with van der Waals surface area (Å²) >= 11 is 0. The molecule has 2 aliphatic rings. The highest BCUT2D eigenvalue weighted by molar-refractivity contribution is 5.97. The highest BCUT2D eigenvalue weighted by Gasteiger charge is 2.26. The zero-order valence-electron chi connectivity index (χ0n) is 18.5. The number of ether oxygens (including phenoxy) is 1. The summed E-state index contributed by atoms with van der Waals surface area (Å²) in [6.07, 6.45) is 3.49. The molecule has 168 valence electrons. The van der Waals surface area contributed by atoms with Gasteiger partial charge in [0.15, 0.2) is 0 Å². The number of amides is 1. The molecule has 0 radical (unpaired) electrons. The topological polar surface area (TPSA) is 95.9 Å². The molecular formula is C23H28N6O3. The lowest BCUT2D eigenvalue weighted by atomic mass is 10.1. The van der Waals surface area contributed by atoms with Crippen LogP contribution in [0.2, 0.25) is 0 Å². The van der Waals surface area contributed by atoms with Crippen molar-refractivity contribution in [1.82, 2.24) is 23.8 Å². The maximum absolute atomic E-state index is 13.4. The monoisotopic (exact) mass is 436 g/mol. The van der Waals surface area contributed by atoms with E-state index in [4.69, 9.17) is 15.1 Å². The highest BCUT2D eigenvalue weighted by atomic mass is 16.5. The van der Waals surface area contributed by atoms with E-state index in [2.05, 4.69) is 4.90 Å². The van der Waals surface area contributed by atoms with E-state index in [-0.39, 0.29) is 28.6 Å². The molecule has 0 spiro atoms. The van der Waals surface area contributed by atoms with Crippen molar-refractivity contribution in [3.63, 3.8) is 0 Å². The van der Waals surface area contributed by atoms with Gasteiger partial charge in [0.2, 0.25) is 0 Å². The molecule has 9 nitrogen and oxygen atoms in total. The molecule has 1 atom stereocenters. The van der Waals surface area contributed by atoms with E-state index in [0.29, 0.717) is 42.9 Å². The van der Waals surface area contributed by atoms with Gasteiger partial charge in [-0.25, -0.2) is 4.98 Å². The summed E-state index contributed by atoms with van der Waals surface area (Å²) < 4.78 is 9.03. The van der Waals surface area contributed by atoms with Crippen LogP contribution in [0.3, 0.4) is 0 Å². The molecule has 1 unspecified atom stereocenters. The lowest BCUT2D eigenvalue weighted by Crippen LogP contribution is -2.48. The second kappa shape index (κ2) is 8.14. The molecule has 1 amide bonds. The van der Waals surface area contributed by atoms with E-state index < -0.39 is 0 Å². The molecule has 2 aliphatic heterocycles. The van der Waals surface area contributed by atoms with Gasteiger partial charge in [0.1, 0.15) is 16.8 Å². The van der Waals surface area contributed by atoms with E-state index in [1.54, 1.807) is 21.7 Å². The number of hydrogen-bond acceptors (Lipinski definition) is 6. The molecule has 5 rings (SSSR count). The predicted molar refractivity (Wildman–Crippen MR) is 120 cm³/mol. The number of hydrogen-bond donors (Lipinski definition) is 1. The van der Waals surface area contributed by atoms with Gasteiger partial charge in [0.25, 0.3) is 11.5 Å². The average molecular weight is 437 g/mol. The van der Waals surface area contributed by atoms with Crippen LogP contribution in [0.15, 0.2) is 29.2 Å². The van der Waals surface area contributed by atoms with Crippen LogP contribution >= 0.6 is 0 Å². The fourth-order valence-electron chi connectivity index (χ4n) is 4.61. The number of carbonyl (C=O) groups excluding carboxylic acids is 1. The van der Waals surface area contributed by atoms with Crippen LogP contribution in [-0.4, -0.2) is 75.6 Å². The lowest BCUT2D eigenvalue weighted by molar-refractivity contribution is 0.0659. The van der Waals surface area contributed by atoms with Crippen LogP contribution < -0.4 is 11.0 Å². The minimum absolute atomic E-state index is 0.0570. The van der Waals surface area contributed by atoms with Crippen molar-refractivity contribution in [3.8, 4) is 0 Å². The third-order valence-corrected chi connectivity index (χ3v) is 6.56. The number of likely N-dealkylation sites (N-methyl/N-ethyl adjacent to an activating group) is 1. The number of nitrogens with one attached hydrogen (secondary N) is 1. The number of rotatable bonds is 3. The zero-order chi connectivity index (χ0) is 22.4. The van der Waals surface area contributed by atoms with E-state index in [0.717, 1.165) is 31.5 Å². The first-order chi connectivity index (χ1) is 15.4. The molecule has 0 saturated carbocycles. The van der Waals surface area contributed by atoms with Gasteiger partial charge in [-0.3, -0.25) is 19.4 Å². The minimum atomic E-state index is -0.234. The largest absolute Gasteiger partial charge is 0.376 e. The molecule has 2 saturated heterocycles. The first-order valence-electron chi connectivity index (χ1n) is 11.1. The van der Waals surface area contributed by atoms with Gasteiger partial charge in [-0.05, 0) is 44.5 Å². The standard InChI is InChI=1S/C23H28N6O3/c1-15-5-3-7-28-20(15)25-21-18(23(28)31)13-17(22(30)27-10-8-26(2)9-11-27)19(24)29(21)14-16-6-4-12-32-16/h3,5,7,13,16,24H,4,6,8-12,14H2,1-2H3. The van der Waals surface area contributed by atoms with Crippen LogP contribution in [0.5, 0.6) is 0 Å². The molecule has 1 N–H and O–H groups in total. The molecule has 0 bridgehead atoms. The van der Waals surface area contributed by atoms with Gasteiger partial charge in [-0.2, -0.15) is 0 Å². The zero-order valence-corrected chi connectivity index (χ0v) is 18.5. The number of fused-ring (bicyclic) bond motifs is 2. The van der Waals surface area contributed by atoms with Crippen LogP contribution in [0, 0.1) is 12.3 Å². The molecule has 0 aromatic carbocycles. The van der Waals surface area contributed by atoms with Gasteiger partial charge >= 0.3 is 0 Å². The van der Waals surface area contributed by atoms with Crippen molar-refractivity contribution < 1.29 is 9.53 Å². The van der Waals surface area contributed by atoms with Gasteiger partial charge in [0, 0.05) is 39.0 Å². The Morgan fingerprint density at radius 3 is 2.75 bits per heavy atom. The number of aromatic nitrogens is 3. The van der Waals surface area contributed by atoms with E-state index in [1.165, 1.54) is 4.40 Å². The molecule has 5 heterocycles. The Morgan fingerprint density at radius 1 is 1.25 bits per heavy atom. The van der Waals surface area contributed by atoms with Crippen molar-refractivity contribution in [2.24, 2.45) is 0 Å². The minimum Gasteiger partial charge on any atom is -0.376 e. The maximum atomic E-state index is 13.4. The fourth-order valence-corrected chi connectivity index (χ4v) is 4.61. The van der Waals surface area contributed by atoms with Gasteiger partial charge in [-0.1, -0.05) is 6.07 Å². The smallest absolute Gasteiger partial charge is 0.267 e. The summed E-state index contributed by atoms with van der Waals surface area (Å²) in [6, 6.07) is 5.28. The van der Waals surface area contributed by atoms with Crippen molar-refractivity contribution >= 4 is 22.6 Å². The third kappa shape index (κ3) is 3.51. The lowest BCUT2D eigenvalue weighted by Gasteiger charge is -2.32. The first kappa shape index (κ1) is 20.8. The summed E-state index contributed by atoms with van der Waals surface area (Å²) in [5, 5.41) is 9.26. The summed E-state index contributed by atoms with van der Waals surface area (Å²) in [5.74, 6) is -0.208. The number of nitrogens with zero attached hydrogens (tertiary/aromatic N) is 5. The number of piperazine rings is 1. The first-order valence-corrected chi connectivity index (χ1v) is 11.1. The van der Waals surface area contributed by atoms with E-state index in [9.17, 15) is 9.59 Å². The SMILES string of the molecule is Cc1cccn2c(=O)c3cc(C(=O)N4CCN(C)CC4)c(=N)n(CC4CCCO4)c3nc12. The van der Waals surface area contributed by atoms with Crippen LogP contribution in [0.1, 0.15) is 28.8 Å². The number of aryl methyl sites for hydroxylation is 1. The van der Waals surface area contributed by atoms with Gasteiger partial charge in [-0.15, -0.1) is 0 Å². The Balaban J connectivity index is 1.72. The second-order valence-corrected chi connectivity index (χ2v) is 8.79. The number of pyridine rings is 2. The number of carbonyl (C=O) groups is 1. The molecule has 32 heavy (non-hydrogen) atoms. The third-order valence-electron chi connectivity index (χ3n) is 6.56. The van der Waals surface area contributed by atoms with Crippen LogP contribution in [-0.2, 0) is 11.3 Å². The van der Waals surface area contributed by atoms with Crippen LogP contribution in [0.4, 0.5) is 0 Å².